The third kappa shape index (κ3) is 5.23. The number of carbonyl (C=O) groups excluding carboxylic acids is 1. The highest BCUT2D eigenvalue weighted by molar-refractivity contribution is 5.80. The van der Waals surface area contributed by atoms with Gasteiger partial charge in [-0.25, -0.2) is 0 Å². The number of benzene rings is 1. The largest absolute Gasteiger partial charge is 0.492 e. The number of likely N-dealkylation sites (tertiary alicyclic amines) is 1. The van der Waals surface area contributed by atoms with Crippen molar-refractivity contribution in [3.05, 3.63) is 29.8 Å². The first-order valence-corrected chi connectivity index (χ1v) is 8.43. The number of carboxylic acids is 1. The Bertz CT molecular complexity index is 557. The number of amides is 1. The van der Waals surface area contributed by atoms with E-state index in [-0.39, 0.29) is 12.5 Å². The highest BCUT2D eigenvalue weighted by Crippen LogP contribution is 2.18. The Morgan fingerprint density at radius 2 is 2.04 bits per heavy atom. The van der Waals surface area contributed by atoms with Gasteiger partial charge in [0.2, 0.25) is 5.91 Å². The molecule has 1 aromatic carbocycles. The molecule has 0 unspecified atom stereocenters. The first-order valence-electron chi connectivity index (χ1n) is 8.43. The number of ether oxygens (including phenoxy) is 1. The van der Waals surface area contributed by atoms with Crippen LogP contribution >= 0.6 is 0 Å². The Kier molecular flexibility index (Phi) is 6.61. The standard InChI is InChI=1S/C18H26N2O4/c1-13(2)14-5-7-15(8-6-14)24-11-9-19-17(21)12-20-10-3-4-16(20)18(22)23/h5-8,13,16H,3-4,9-12H2,1-2H3,(H,19,21)(H,22,23)/t16-/m1/s1. The van der Waals surface area contributed by atoms with Gasteiger partial charge >= 0.3 is 5.97 Å². The van der Waals surface area contributed by atoms with Crippen LogP contribution in [0.5, 0.6) is 5.75 Å². The van der Waals surface area contributed by atoms with Crippen molar-refractivity contribution in [2.75, 3.05) is 26.2 Å². The molecule has 6 nitrogen and oxygen atoms in total. The van der Waals surface area contributed by atoms with Crippen molar-refractivity contribution >= 4 is 11.9 Å². The third-order valence-corrected chi connectivity index (χ3v) is 4.24. The van der Waals surface area contributed by atoms with Gasteiger partial charge in [0.1, 0.15) is 18.4 Å². The number of nitrogens with one attached hydrogen (secondary N) is 1. The van der Waals surface area contributed by atoms with Crippen LogP contribution in [0.25, 0.3) is 0 Å². The monoisotopic (exact) mass is 334 g/mol. The van der Waals surface area contributed by atoms with Crippen molar-refractivity contribution in [1.82, 2.24) is 10.2 Å². The zero-order valence-electron chi connectivity index (χ0n) is 14.3. The molecule has 1 saturated heterocycles. The highest BCUT2D eigenvalue weighted by Gasteiger charge is 2.31. The molecule has 1 heterocycles. The summed E-state index contributed by atoms with van der Waals surface area (Å²) >= 11 is 0. The average Bonchev–Trinajstić information content (AvgIpc) is 3.00. The second kappa shape index (κ2) is 8.68. The number of carboxylic acid groups (broad SMARTS) is 1. The van der Waals surface area contributed by atoms with Crippen molar-refractivity contribution in [2.45, 2.75) is 38.6 Å². The van der Waals surface area contributed by atoms with Crippen molar-refractivity contribution < 1.29 is 19.4 Å². The molecule has 1 fully saturated rings. The number of aliphatic carboxylic acids is 1. The molecule has 0 saturated carbocycles. The molecule has 1 aromatic rings. The molecular formula is C18H26N2O4. The quantitative estimate of drug-likeness (QED) is 0.710. The predicted molar refractivity (Wildman–Crippen MR) is 91.3 cm³/mol. The molecule has 1 aliphatic heterocycles. The molecule has 0 aromatic heterocycles. The van der Waals surface area contributed by atoms with E-state index in [1.54, 1.807) is 4.90 Å². The van der Waals surface area contributed by atoms with Gasteiger partial charge in [-0.05, 0) is 43.0 Å². The molecule has 0 bridgehead atoms. The first-order chi connectivity index (χ1) is 11.5. The molecular weight excluding hydrogens is 308 g/mol. The Morgan fingerprint density at radius 1 is 1.33 bits per heavy atom. The summed E-state index contributed by atoms with van der Waals surface area (Å²) in [6.07, 6.45) is 1.43. The fraction of sp³-hybridized carbons (Fsp3) is 0.556. The van der Waals surface area contributed by atoms with Crippen molar-refractivity contribution in [3.63, 3.8) is 0 Å². The highest BCUT2D eigenvalue weighted by atomic mass is 16.5. The summed E-state index contributed by atoms with van der Waals surface area (Å²) in [5.74, 6) is 0.244. The summed E-state index contributed by atoms with van der Waals surface area (Å²) < 4.78 is 5.60. The maximum absolute atomic E-state index is 11.9. The molecule has 132 valence electrons. The second-order valence-electron chi connectivity index (χ2n) is 6.39. The van der Waals surface area contributed by atoms with Crippen molar-refractivity contribution in [2.24, 2.45) is 0 Å². The zero-order valence-corrected chi connectivity index (χ0v) is 14.3. The van der Waals surface area contributed by atoms with E-state index in [1.165, 1.54) is 5.56 Å². The van der Waals surface area contributed by atoms with Gasteiger partial charge in [0.25, 0.3) is 0 Å². The van der Waals surface area contributed by atoms with Crippen molar-refractivity contribution in [1.29, 1.82) is 0 Å². The van der Waals surface area contributed by atoms with Crippen LogP contribution in [0.2, 0.25) is 0 Å². The van der Waals surface area contributed by atoms with E-state index in [2.05, 4.69) is 19.2 Å². The number of carbonyl (C=O) groups is 2. The first kappa shape index (κ1) is 18.3. The number of rotatable bonds is 8. The Labute approximate surface area is 142 Å². The molecule has 2 N–H and O–H groups in total. The SMILES string of the molecule is CC(C)c1ccc(OCCNC(=O)CN2CCC[C@@H]2C(=O)O)cc1. The fourth-order valence-electron chi connectivity index (χ4n) is 2.84. The smallest absolute Gasteiger partial charge is 0.320 e. The summed E-state index contributed by atoms with van der Waals surface area (Å²) in [6, 6.07) is 7.40. The second-order valence-corrected chi connectivity index (χ2v) is 6.39. The Morgan fingerprint density at radius 3 is 2.67 bits per heavy atom. The molecule has 0 spiro atoms. The zero-order chi connectivity index (χ0) is 17.5. The molecule has 0 radical (unpaired) electrons. The summed E-state index contributed by atoms with van der Waals surface area (Å²) in [4.78, 5) is 24.7. The van der Waals surface area contributed by atoms with Crippen LogP contribution < -0.4 is 10.1 Å². The Balaban J connectivity index is 1.66. The fourth-order valence-corrected chi connectivity index (χ4v) is 2.84. The van der Waals surface area contributed by atoms with E-state index in [0.29, 0.717) is 32.0 Å². The van der Waals surface area contributed by atoms with Gasteiger partial charge < -0.3 is 15.2 Å². The van der Waals surface area contributed by atoms with Crippen LogP contribution in [0.3, 0.4) is 0 Å². The van der Waals surface area contributed by atoms with Crippen LogP contribution in [-0.4, -0.2) is 54.2 Å². The topological polar surface area (TPSA) is 78.9 Å². The number of hydrogen-bond donors (Lipinski definition) is 2. The van der Waals surface area contributed by atoms with Crippen LogP contribution in [0.15, 0.2) is 24.3 Å². The minimum atomic E-state index is -0.853. The van der Waals surface area contributed by atoms with Gasteiger partial charge in [0.15, 0.2) is 0 Å². The minimum absolute atomic E-state index is 0.125. The normalized spacial score (nSPS) is 17.9. The van der Waals surface area contributed by atoms with E-state index in [4.69, 9.17) is 9.84 Å². The Hall–Kier alpha value is -2.08. The molecule has 6 heteroatoms. The molecule has 1 amide bonds. The average molecular weight is 334 g/mol. The summed E-state index contributed by atoms with van der Waals surface area (Å²) in [6.45, 7) is 5.84. The maximum Gasteiger partial charge on any atom is 0.320 e. The van der Waals surface area contributed by atoms with Crippen LogP contribution in [0.4, 0.5) is 0 Å². The summed E-state index contributed by atoms with van der Waals surface area (Å²) in [7, 11) is 0. The van der Waals surface area contributed by atoms with E-state index < -0.39 is 12.0 Å². The van der Waals surface area contributed by atoms with Crippen LogP contribution in [0, 0.1) is 0 Å². The van der Waals surface area contributed by atoms with Crippen LogP contribution in [-0.2, 0) is 9.59 Å². The lowest BCUT2D eigenvalue weighted by Gasteiger charge is -2.20. The molecule has 24 heavy (non-hydrogen) atoms. The molecule has 1 aliphatic rings. The van der Waals surface area contributed by atoms with Gasteiger partial charge in [0.05, 0.1) is 13.1 Å². The lowest BCUT2D eigenvalue weighted by atomic mass is 10.0. The van der Waals surface area contributed by atoms with Crippen molar-refractivity contribution in [3.8, 4) is 5.75 Å². The van der Waals surface area contributed by atoms with Gasteiger partial charge in [-0.15, -0.1) is 0 Å². The van der Waals surface area contributed by atoms with E-state index in [1.807, 2.05) is 24.3 Å². The minimum Gasteiger partial charge on any atom is -0.492 e. The molecule has 0 aliphatic carbocycles. The number of nitrogens with zero attached hydrogens (tertiary/aromatic N) is 1. The van der Waals surface area contributed by atoms with Gasteiger partial charge in [-0.2, -0.15) is 0 Å². The lowest BCUT2D eigenvalue weighted by Crippen LogP contribution is -2.43. The van der Waals surface area contributed by atoms with Gasteiger partial charge in [0, 0.05) is 0 Å². The van der Waals surface area contributed by atoms with E-state index in [0.717, 1.165) is 12.2 Å². The summed E-state index contributed by atoms with van der Waals surface area (Å²) in [5.41, 5.74) is 1.26. The van der Waals surface area contributed by atoms with E-state index >= 15 is 0 Å². The predicted octanol–water partition coefficient (Wildman–Crippen LogP) is 1.85. The third-order valence-electron chi connectivity index (χ3n) is 4.24. The number of hydrogen-bond acceptors (Lipinski definition) is 4. The molecule has 2 rings (SSSR count). The van der Waals surface area contributed by atoms with Crippen LogP contribution in [0.1, 0.15) is 38.2 Å². The van der Waals surface area contributed by atoms with Gasteiger partial charge in [-0.3, -0.25) is 14.5 Å². The molecule has 1 atom stereocenters. The maximum atomic E-state index is 11.9. The lowest BCUT2D eigenvalue weighted by molar-refractivity contribution is -0.142. The van der Waals surface area contributed by atoms with Gasteiger partial charge in [-0.1, -0.05) is 26.0 Å². The van der Waals surface area contributed by atoms with E-state index in [9.17, 15) is 9.59 Å². The summed E-state index contributed by atoms with van der Waals surface area (Å²) in [5, 5.41) is 11.9.